The molecule has 12 atom stereocenters. The van der Waals surface area contributed by atoms with Crippen molar-refractivity contribution in [2.75, 3.05) is 19.8 Å². The number of hydrogen-bond donors (Lipinski definition) is 5. The van der Waals surface area contributed by atoms with Gasteiger partial charge in [-0.05, 0) is 68.1 Å². The van der Waals surface area contributed by atoms with E-state index in [2.05, 4.69) is 20.8 Å². The first-order valence-corrected chi connectivity index (χ1v) is 13.3. The van der Waals surface area contributed by atoms with Crippen molar-refractivity contribution < 1.29 is 44.5 Å². The second-order valence-electron chi connectivity index (χ2n) is 12.9. The number of ether oxygens (including phenoxy) is 4. The molecule has 9 nitrogen and oxygen atoms in total. The average Bonchev–Trinajstić information content (AvgIpc) is 2.88. The van der Waals surface area contributed by atoms with E-state index < -0.39 is 54.6 Å². The molecule has 2 bridgehead atoms. The van der Waals surface area contributed by atoms with Crippen molar-refractivity contribution in [1.29, 1.82) is 0 Å². The maximum Gasteiger partial charge on any atom is 0.186 e. The topological polar surface area (TPSA) is 138 Å². The van der Waals surface area contributed by atoms with Crippen molar-refractivity contribution in [3.8, 4) is 0 Å². The minimum absolute atomic E-state index is 0.00300. The van der Waals surface area contributed by atoms with Gasteiger partial charge in [0.25, 0.3) is 0 Å². The monoisotopic (exact) mass is 500 g/mol. The summed E-state index contributed by atoms with van der Waals surface area (Å²) < 4.78 is 24.8. The van der Waals surface area contributed by atoms with Crippen LogP contribution in [0.4, 0.5) is 0 Å². The first-order chi connectivity index (χ1) is 16.4. The van der Waals surface area contributed by atoms with Crippen LogP contribution in [0.25, 0.3) is 0 Å². The molecule has 1 spiro atoms. The second-order valence-corrected chi connectivity index (χ2v) is 12.9. The van der Waals surface area contributed by atoms with Crippen molar-refractivity contribution >= 4 is 0 Å². The highest BCUT2D eigenvalue weighted by atomic mass is 16.7. The van der Waals surface area contributed by atoms with E-state index in [0.29, 0.717) is 25.0 Å². The summed E-state index contributed by atoms with van der Waals surface area (Å²) in [6, 6.07) is 0. The summed E-state index contributed by atoms with van der Waals surface area (Å²) in [6.45, 7) is 9.17. The minimum Gasteiger partial charge on any atom is -0.394 e. The Kier molecular flexibility index (Phi) is 6.64. The van der Waals surface area contributed by atoms with Crippen molar-refractivity contribution in [2.24, 2.45) is 22.7 Å². The zero-order valence-corrected chi connectivity index (χ0v) is 21.4. The van der Waals surface area contributed by atoms with Crippen molar-refractivity contribution in [2.45, 2.75) is 120 Å². The molecule has 2 saturated carbocycles. The fourth-order valence-corrected chi connectivity index (χ4v) is 8.55. The maximum atomic E-state index is 10.7. The molecule has 3 heterocycles. The van der Waals surface area contributed by atoms with Gasteiger partial charge in [0.15, 0.2) is 6.29 Å². The Hall–Kier alpha value is -0.360. The van der Waals surface area contributed by atoms with Gasteiger partial charge in [-0.2, -0.15) is 0 Å². The van der Waals surface area contributed by atoms with Crippen molar-refractivity contribution in [1.82, 2.24) is 0 Å². The Morgan fingerprint density at radius 1 is 0.857 bits per heavy atom. The Labute approximate surface area is 207 Å². The molecule has 5 fully saturated rings. The predicted octanol–water partition coefficient (Wildman–Crippen LogP) is 0.723. The molecule has 0 aromatic heterocycles. The van der Waals surface area contributed by atoms with Crippen LogP contribution in [0.5, 0.6) is 0 Å². The number of hydrogen-bond acceptors (Lipinski definition) is 9. The van der Waals surface area contributed by atoms with Crippen LogP contribution in [0.15, 0.2) is 0 Å². The first-order valence-electron chi connectivity index (χ1n) is 13.3. The van der Waals surface area contributed by atoms with Gasteiger partial charge in [-0.3, -0.25) is 0 Å². The smallest absolute Gasteiger partial charge is 0.186 e. The van der Waals surface area contributed by atoms with Crippen molar-refractivity contribution in [3.05, 3.63) is 0 Å². The SMILES string of the molecule is CC1(C)[C@H]2CC[C@@]34COC[C@H](O)[C@@](C)(CC[C@H]3[C@]2(C)CC[C@H]1O[C@@H]1O[C@H](CO)[C@@H](O)[C@H](O)[C@H]1O)O4. The summed E-state index contributed by atoms with van der Waals surface area (Å²) in [4.78, 5) is 0. The minimum atomic E-state index is -1.45. The van der Waals surface area contributed by atoms with Gasteiger partial charge < -0.3 is 44.5 Å². The van der Waals surface area contributed by atoms with Gasteiger partial charge in [-0.25, -0.2) is 0 Å². The zero-order valence-electron chi connectivity index (χ0n) is 21.4. The van der Waals surface area contributed by atoms with Crippen LogP contribution in [0.1, 0.15) is 66.2 Å². The summed E-state index contributed by atoms with van der Waals surface area (Å²) >= 11 is 0. The molecule has 0 amide bonds. The fraction of sp³-hybridized carbons (Fsp3) is 1.00. The highest BCUT2D eigenvalue weighted by Crippen LogP contribution is 2.66. The van der Waals surface area contributed by atoms with Crippen LogP contribution in [0, 0.1) is 22.7 Å². The van der Waals surface area contributed by atoms with Crippen LogP contribution >= 0.6 is 0 Å². The highest BCUT2D eigenvalue weighted by Gasteiger charge is 2.66. The maximum absolute atomic E-state index is 10.7. The van der Waals surface area contributed by atoms with Crippen LogP contribution in [0.3, 0.4) is 0 Å². The van der Waals surface area contributed by atoms with E-state index in [4.69, 9.17) is 18.9 Å². The van der Waals surface area contributed by atoms with Gasteiger partial charge in [-0.15, -0.1) is 0 Å². The molecule has 3 aliphatic heterocycles. The second kappa shape index (κ2) is 8.85. The van der Waals surface area contributed by atoms with Gasteiger partial charge >= 0.3 is 0 Å². The van der Waals surface area contributed by atoms with Gasteiger partial charge in [0.1, 0.15) is 30.5 Å². The summed E-state index contributed by atoms with van der Waals surface area (Å²) in [5, 5.41) is 51.1. The first kappa shape index (κ1) is 26.3. The summed E-state index contributed by atoms with van der Waals surface area (Å²) in [5.74, 6) is 0.634. The van der Waals surface area contributed by atoms with E-state index in [0.717, 1.165) is 38.5 Å². The number of aliphatic hydroxyl groups excluding tert-OH is 5. The van der Waals surface area contributed by atoms with Gasteiger partial charge in [0.05, 0.1) is 37.1 Å². The van der Waals surface area contributed by atoms with E-state index >= 15 is 0 Å². The molecular formula is C26H44O9. The molecule has 5 aliphatic rings. The number of fused-ring (bicyclic) bond motifs is 3. The summed E-state index contributed by atoms with van der Waals surface area (Å²) in [7, 11) is 0. The molecule has 2 aliphatic carbocycles. The van der Waals surface area contributed by atoms with E-state index in [1.165, 1.54) is 0 Å². The third-order valence-electron chi connectivity index (χ3n) is 10.6. The average molecular weight is 501 g/mol. The Morgan fingerprint density at radius 2 is 1.57 bits per heavy atom. The van der Waals surface area contributed by atoms with E-state index in [-0.39, 0.29) is 16.9 Å². The van der Waals surface area contributed by atoms with E-state index in [1.54, 1.807) is 0 Å². The zero-order chi connectivity index (χ0) is 25.4. The van der Waals surface area contributed by atoms with Crippen LogP contribution in [0.2, 0.25) is 0 Å². The quantitative estimate of drug-likeness (QED) is 0.355. The normalized spacial score (nSPS) is 56.0. The highest BCUT2D eigenvalue weighted by molar-refractivity contribution is 5.15. The van der Waals surface area contributed by atoms with Gasteiger partial charge in [0, 0.05) is 0 Å². The molecule has 202 valence electrons. The predicted molar refractivity (Wildman–Crippen MR) is 124 cm³/mol. The van der Waals surface area contributed by atoms with E-state index in [9.17, 15) is 25.5 Å². The third kappa shape index (κ3) is 3.92. The lowest BCUT2D eigenvalue weighted by molar-refractivity contribution is -0.335. The van der Waals surface area contributed by atoms with Crippen LogP contribution in [-0.4, -0.2) is 99.5 Å². The number of aliphatic hydroxyl groups is 5. The standard InChI is InChI=1S/C26H44O9/c1-23(2)15-6-10-26-13-32-12-17(28)25(4,35-26)9-5-16(26)24(15,3)8-7-18(23)34-22-21(31)20(30)19(29)14(11-27)33-22/h14-22,27-31H,5-13H2,1-4H3/t14-,15-,16+,17+,18-,19-,20+,21-,22+,24-,25-,26-/m1/s1. The number of rotatable bonds is 3. The lowest BCUT2D eigenvalue weighted by Gasteiger charge is -2.66. The molecule has 5 rings (SSSR count). The third-order valence-corrected chi connectivity index (χ3v) is 10.6. The molecule has 3 saturated heterocycles. The molecule has 0 aromatic rings. The van der Waals surface area contributed by atoms with Gasteiger partial charge in [-0.1, -0.05) is 20.8 Å². The Bertz CT molecular complexity index is 791. The molecule has 35 heavy (non-hydrogen) atoms. The van der Waals surface area contributed by atoms with E-state index in [1.807, 2.05) is 6.92 Å². The largest absolute Gasteiger partial charge is 0.394 e. The molecule has 5 N–H and O–H groups in total. The van der Waals surface area contributed by atoms with Crippen LogP contribution in [-0.2, 0) is 18.9 Å². The molecular weight excluding hydrogens is 456 g/mol. The lowest BCUT2D eigenvalue weighted by Crippen LogP contribution is -2.68. The molecule has 0 aromatic carbocycles. The Balaban J connectivity index is 1.37. The molecule has 0 unspecified atom stereocenters. The molecule has 9 heteroatoms. The van der Waals surface area contributed by atoms with Crippen LogP contribution < -0.4 is 0 Å². The molecule has 0 radical (unpaired) electrons. The Morgan fingerprint density at radius 3 is 2.29 bits per heavy atom. The fourth-order valence-electron chi connectivity index (χ4n) is 8.55. The van der Waals surface area contributed by atoms with Gasteiger partial charge in [0.2, 0.25) is 0 Å². The summed E-state index contributed by atoms with van der Waals surface area (Å²) in [5.41, 5.74) is -1.22. The lowest BCUT2D eigenvalue weighted by atomic mass is 9.43. The van der Waals surface area contributed by atoms with Crippen molar-refractivity contribution in [3.63, 3.8) is 0 Å². The summed E-state index contributed by atoms with van der Waals surface area (Å²) in [6.07, 6.45) is -1.94.